The highest BCUT2D eigenvalue weighted by Crippen LogP contribution is 2.32. The molecular formula is C20H22ClN3O5. The molecule has 1 amide bonds. The Morgan fingerprint density at radius 3 is 2.45 bits per heavy atom. The van der Waals surface area contributed by atoms with Crippen molar-refractivity contribution in [3.05, 3.63) is 57.1 Å². The highest BCUT2D eigenvalue weighted by molar-refractivity contribution is 6.31. The maximum atomic E-state index is 12.5. The van der Waals surface area contributed by atoms with Gasteiger partial charge in [0.25, 0.3) is 11.6 Å². The summed E-state index contributed by atoms with van der Waals surface area (Å²) in [6.45, 7) is 3.73. The first-order valence-corrected chi connectivity index (χ1v) is 9.51. The van der Waals surface area contributed by atoms with Gasteiger partial charge in [-0.1, -0.05) is 11.6 Å². The number of piperazine rings is 1. The first-order valence-electron chi connectivity index (χ1n) is 9.13. The van der Waals surface area contributed by atoms with E-state index in [0.717, 1.165) is 5.56 Å². The SMILES string of the molecule is COc1ccc(N2CCN(C(=O)COc3ccc(Cl)c(C)c3)CC2)c([N+](=O)[O-])c1. The normalized spacial score (nSPS) is 13.9. The molecule has 2 aromatic carbocycles. The number of halogens is 1. The Morgan fingerprint density at radius 2 is 1.83 bits per heavy atom. The summed E-state index contributed by atoms with van der Waals surface area (Å²) in [5.74, 6) is 0.901. The Kier molecular flexibility index (Phi) is 6.43. The zero-order valence-corrected chi connectivity index (χ0v) is 17.0. The van der Waals surface area contributed by atoms with E-state index >= 15 is 0 Å². The molecule has 1 heterocycles. The van der Waals surface area contributed by atoms with E-state index < -0.39 is 4.92 Å². The second-order valence-electron chi connectivity index (χ2n) is 6.68. The summed E-state index contributed by atoms with van der Waals surface area (Å²) in [5, 5.41) is 12.0. The van der Waals surface area contributed by atoms with Crippen LogP contribution in [0.25, 0.3) is 0 Å². The summed E-state index contributed by atoms with van der Waals surface area (Å²) in [6, 6.07) is 10.0. The van der Waals surface area contributed by atoms with Gasteiger partial charge < -0.3 is 19.3 Å². The van der Waals surface area contributed by atoms with Crippen LogP contribution in [0.4, 0.5) is 11.4 Å². The number of hydrogen-bond acceptors (Lipinski definition) is 6. The number of aryl methyl sites for hydroxylation is 1. The van der Waals surface area contributed by atoms with Crippen molar-refractivity contribution in [3.63, 3.8) is 0 Å². The van der Waals surface area contributed by atoms with Crippen LogP contribution in [0.3, 0.4) is 0 Å². The molecule has 0 aliphatic carbocycles. The third-order valence-corrected chi connectivity index (χ3v) is 5.27. The summed E-state index contributed by atoms with van der Waals surface area (Å²) in [4.78, 5) is 27.1. The van der Waals surface area contributed by atoms with Crippen molar-refractivity contribution in [2.75, 3.05) is 44.8 Å². The van der Waals surface area contributed by atoms with Gasteiger partial charge in [-0.3, -0.25) is 14.9 Å². The van der Waals surface area contributed by atoms with Crippen molar-refractivity contribution in [3.8, 4) is 11.5 Å². The number of carbonyl (C=O) groups excluding carboxylic acids is 1. The largest absolute Gasteiger partial charge is 0.496 e. The first-order chi connectivity index (χ1) is 13.9. The molecule has 154 valence electrons. The molecule has 0 aromatic heterocycles. The lowest BCUT2D eigenvalue weighted by Crippen LogP contribution is -2.50. The Hall–Kier alpha value is -3.00. The number of hydrogen-bond donors (Lipinski definition) is 0. The van der Waals surface area contributed by atoms with E-state index in [1.165, 1.54) is 13.2 Å². The van der Waals surface area contributed by atoms with Crippen LogP contribution in [0.2, 0.25) is 5.02 Å². The van der Waals surface area contributed by atoms with Gasteiger partial charge in [0, 0.05) is 31.2 Å². The summed E-state index contributed by atoms with van der Waals surface area (Å²) < 4.78 is 10.7. The maximum absolute atomic E-state index is 12.5. The van der Waals surface area contributed by atoms with Gasteiger partial charge in [0.1, 0.15) is 17.2 Å². The minimum Gasteiger partial charge on any atom is -0.496 e. The maximum Gasteiger partial charge on any atom is 0.296 e. The number of ether oxygens (including phenoxy) is 2. The van der Waals surface area contributed by atoms with Crippen molar-refractivity contribution in [2.24, 2.45) is 0 Å². The molecule has 8 nitrogen and oxygen atoms in total. The number of anilines is 1. The van der Waals surface area contributed by atoms with Crippen LogP contribution < -0.4 is 14.4 Å². The number of methoxy groups -OCH3 is 1. The van der Waals surface area contributed by atoms with Crippen LogP contribution in [-0.4, -0.2) is 55.6 Å². The lowest BCUT2D eigenvalue weighted by Gasteiger charge is -2.35. The predicted molar refractivity (Wildman–Crippen MR) is 110 cm³/mol. The average molecular weight is 420 g/mol. The van der Waals surface area contributed by atoms with Crippen molar-refractivity contribution < 1.29 is 19.2 Å². The van der Waals surface area contributed by atoms with E-state index in [9.17, 15) is 14.9 Å². The molecule has 1 fully saturated rings. The molecule has 1 saturated heterocycles. The van der Waals surface area contributed by atoms with E-state index in [0.29, 0.717) is 48.4 Å². The van der Waals surface area contributed by atoms with Gasteiger partial charge in [-0.15, -0.1) is 0 Å². The van der Waals surface area contributed by atoms with Crippen LogP contribution in [-0.2, 0) is 4.79 Å². The van der Waals surface area contributed by atoms with Gasteiger partial charge in [-0.05, 0) is 42.8 Å². The standard InChI is InChI=1S/C20H22ClN3O5/c1-14-11-16(3-5-17(14)21)29-13-20(25)23-9-7-22(8-10-23)18-6-4-15(28-2)12-19(18)24(26)27/h3-6,11-12H,7-10,13H2,1-2H3. The number of nitro benzene ring substituents is 1. The lowest BCUT2D eigenvalue weighted by molar-refractivity contribution is -0.384. The molecule has 0 atom stereocenters. The van der Waals surface area contributed by atoms with Gasteiger partial charge in [-0.2, -0.15) is 0 Å². The minimum atomic E-state index is -0.419. The first kappa shape index (κ1) is 20.7. The molecule has 0 saturated carbocycles. The Balaban J connectivity index is 1.58. The van der Waals surface area contributed by atoms with Crippen molar-refractivity contribution in [2.45, 2.75) is 6.92 Å². The van der Waals surface area contributed by atoms with Crippen LogP contribution >= 0.6 is 11.6 Å². The number of nitrogens with zero attached hydrogens (tertiary/aromatic N) is 3. The third-order valence-electron chi connectivity index (χ3n) is 4.84. The van der Waals surface area contributed by atoms with Crippen LogP contribution in [0.5, 0.6) is 11.5 Å². The second-order valence-corrected chi connectivity index (χ2v) is 7.09. The summed E-state index contributed by atoms with van der Waals surface area (Å²) in [6.07, 6.45) is 0. The highest BCUT2D eigenvalue weighted by atomic mass is 35.5. The van der Waals surface area contributed by atoms with Crippen molar-refractivity contribution in [1.82, 2.24) is 4.90 Å². The Labute approximate surface area is 173 Å². The van der Waals surface area contributed by atoms with E-state index in [1.54, 1.807) is 35.2 Å². The number of benzene rings is 2. The molecule has 3 rings (SSSR count). The van der Waals surface area contributed by atoms with Crippen molar-refractivity contribution >= 4 is 28.9 Å². The Bertz CT molecular complexity index is 913. The fraction of sp³-hybridized carbons (Fsp3) is 0.350. The molecule has 0 unspecified atom stereocenters. The third kappa shape index (κ3) is 4.89. The molecule has 0 radical (unpaired) electrons. The fourth-order valence-electron chi connectivity index (χ4n) is 3.18. The van der Waals surface area contributed by atoms with Crippen LogP contribution in [0.15, 0.2) is 36.4 Å². The molecule has 29 heavy (non-hydrogen) atoms. The molecule has 0 N–H and O–H groups in total. The molecule has 1 aliphatic heterocycles. The van der Waals surface area contributed by atoms with Gasteiger partial charge in [0.15, 0.2) is 6.61 Å². The highest BCUT2D eigenvalue weighted by Gasteiger charge is 2.26. The number of nitro groups is 1. The van der Waals surface area contributed by atoms with Gasteiger partial charge >= 0.3 is 0 Å². The molecule has 2 aromatic rings. The quantitative estimate of drug-likeness (QED) is 0.527. The van der Waals surface area contributed by atoms with E-state index in [1.807, 2.05) is 11.8 Å². The van der Waals surface area contributed by atoms with Crippen LogP contribution in [0.1, 0.15) is 5.56 Å². The second kappa shape index (κ2) is 9.00. The zero-order chi connectivity index (χ0) is 21.0. The van der Waals surface area contributed by atoms with Gasteiger partial charge in [0.2, 0.25) is 0 Å². The molecule has 9 heteroatoms. The Morgan fingerprint density at radius 1 is 1.14 bits per heavy atom. The summed E-state index contributed by atoms with van der Waals surface area (Å²) in [5.41, 5.74) is 1.40. The average Bonchev–Trinajstić information content (AvgIpc) is 2.74. The van der Waals surface area contributed by atoms with Gasteiger partial charge in [-0.25, -0.2) is 0 Å². The molecule has 1 aliphatic rings. The van der Waals surface area contributed by atoms with Gasteiger partial charge in [0.05, 0.1) is 18.1 Å². The minimum absolute atomic E-state index is 0.00873. The topological polar surface area (TPSA) is 85.2 Å². The lowest BCUT2D eigenvalue weighted by atomic mass is 10.2. The summed E-state index contributed by atoms with van der Waals surface area (Å²) in [7, 11) is 1.47. The number of carbonyl (C=O) groups is 1. The number of rotatable bonds is 6. The number of amides is 1. The van der Waals surface area contributed by atoms with E-state index in [2.05, 4.69) is 0 Å². The predicted octanol–water partition coefficient (Wildman–Crippen LogP) is 3.29. The van der Waals surface area contributed by atoms with Crippen molar-refractivity contribution in [1.29, 1.82) is 0 Å². The monoisotopic (exact) mass is 419 g/mol. The zero-order valence-electron chi connectivity index (χ0n) is 16.3. The molecule has 0 spiro atoms. The fourth-order valence-corrected chi connectivity index (χ4v) is 3.30. The smallest absolute Gasteiger partial charge is 0.296 e. The molecular weight excluding hydrogens is 398 g/mol. The van der Waals surface area contributed by atoms with Crippen LogP contribution in [0, 0.1) is 17.0 Å². The molecule has 0 bridgehead atoms. The van der Waals surface area contributed by atoms with E-state index in [4.69, 9.17) is 21.1 Å². The van der Waals surface area contributed by atoms with E-state index in [-0.39, 0.29) is 18.2 Å². The summed E-state index contributed by atoms with van der Waals surface area (Å²) >= 11 is 5.99.